The van der Waals surface area contributed by atoms with Gasteiger partial charge in [0.15, 0.2) is 0 Å². The molecule has 0 bridgehead atoms. The van der Waals surface area contributed by atoms with Crippen LogP contribution >= 0.6 is 0 Å². The molecule has 34 heavy (non-hydrogen) atoms. The monoisotopic (exact) mass is 459 g/mol. The fourth-order valence-electron chi connectivity index (χ4n) is 4.12. The standard InChI is InChI=1S/C29H33NO4/c1-21(26(31)32)20-25(27(33)34-28(2,3)4)30-29(22-14-8-5-9-15-22,23-16-10-6-11-17-23)24-18-12-7-13-19-24/h5-19,21,25,30H,20H2,1-4H3,(H,31,32)/t21?,25-/m0/s1. The number of aliphatic carboxylic acids is 1. The minimum absolute atomic E-state index is 0.0818. The summed E-state index contributed by atoms with van der Waals surface area (Å²) in [6.45, 7) is 7.03. The van der Waals surface area contributed by atoms with E-state index in [-0.39, 0.29) is 6.42 Å². The third-order valence-electron chi connectivity index (χ3n) is 5.71. The summed E-state index contributed by atoms with van der Waals surface area (Å²) in [4.78, 5) is 25.1. The summed E-state index contributed by atoms with van der Waals surface area (Å²) in [5, 5.41) is 13.2. The molecule has 3 rings (SSSR count). The average Bonchev–Trinajstić information content (AvgIpc) is 2.82. The second kappa shape index (κ2) is 10.7. The Balaban J connectivity index is 2.23. The van der Waals surface area contributed by atoms with Crippen molar-refractivity contribution in [2.24, 2.45) is 5.92 Å². The van der Waals surface area contributed by atoms with Crippen LogP contribution in [0.5, 0.6) is 0 Å². The van der Waals surface area contributed by atoms with Gasteiger partial charge in [-0.2, -0.15) is 0 Å². The number of nitrogens with one attached hydrogen (secondary N) is 1. The Labute approximate surface area is 201 Å². The first-order valence-corrected chi connectivity index (χ1v) is 11.5. The average molecular weight is 460 g/mol. The van der Waals surface area contributed by atoms with Gasteiger partial charge in [-0.25, -0.2) is 0 Å². The molecule has 1 unspecified atom stereocenters. The first kappa shape index (κ1) is 25.2. The molecule has 178 valence electrons. The van der Waals surface area contributed by atoms with Gasteiger partial charge in [-0.3, -0.25) is 14.9 Å². The quantitative estimate of drug-likeness (QED) is 0.331. The van der Waals surface area contributed by atoms with E-state index in [9.17, 15) is 14.7 Å². The summed E-state index contributed by atoms with van der Waals surface area (Å²) in [5.41, 5.74) is 1.18. The minimum atomic E-state index is -0.958. The van der Waals surface area contributed by atoms with Gasteiger partial charge >= 0.3 is 11.9 Å². The van der Waals surface area contributed by atoms with Crippen LogP contribution in [0.4, 0.5) is 0 Å². The second-order valence-electron chi connectivity index (χ2n) is 9.55. The van der Waals surface area contributed by atoms with E-state index >= 15 is 0 Å². The van der Waals surface area contributed by atoms with Crippen LogP contribution in [0.3, 0.4) is 0 Å². The van der Waals surface area contributed by atoms with E-state index in [2.05, 4.69) is 5.32 Å². The molecule has 0 aliphatic carbocycles. The Kier molecular flexibility index (Phi) is 7.90. The predicted octanol–water partition coefficient (Wildman–Crippen LogP) is 5.39. The van der Waals surface area contributed by atoms with Crippen LogP contribution in [-0.4, -0.2) is 28.7 Å². The van der Waals surface area contributed by atoms with E-state index in [0.717, 1.165) is 16.7 Å². The number of hydrogen-bond acceptors (Lipinski definition) is 4. The predicted molar refractivity (Wildman–Crippen MR) is 133 cm³/mol. The van der Waals surface area contributed by atoms with Crippen LogP contribution in [0.15, 0.2) is 91.0 Å². The highest BCUT2D eigenvalue weighted by Crippen LogP contribution is 2.38. The Morgan fingerprint density at radius 2 is 1.18 bits per heavy atom. The number of carbonyl (C=O) groups is 2. The Morgan fingerprint density at radius 3 is 1.50 bits per heavy atom. The van der Waals surface area contributed by atoms with Gasteiger partial charge in [-0.1, -0.05) is 97.9 Å². The highest BCUT2D eigenvalue weighted by Gasteiger charge is 2.41. The lowest BCUT2D eigenvalue weighted by atomic mass is 9.76. The number of carboxylic acids is 1. The fraction of sp³-hybridized carbons (Fsp3) is 0.310. The van der Waals surface area contributed by atoms with Crippen molar-refractivity contribution in [1.82, 2.24) is 5.32 Å². The highest BCUT2D eigenvalue weighted by molar-refractivity contribution is 5.78. The first-order chi connectivity index (χ1) is 16.1. The molecule has 3 aromatic carbocycles. The SMILES string of the molecule is CC(C[C@H](NC(c1ccccc1)(c1ccccc1)c1ccccc1)C(=O)OC(C)(C)C)C(=O)O. The van der Waals surface area contributed by atoms with Crippen molar-refractivity contribution >= 4 is 11.9 Å². The van der Waals surface area contributed by atoms with Crippen LogP contribution < -0.4 is 5.32 Å². The highest BCUT2D eigenvalue weighted by atomic mass is 16.6. The number of carbonyl (C=O) groups excluding carboxylic acids is 1. The minimum Gasteiger partial charge on any atom is -0.481 e. The van der Waals surface area contributed by atoms with Crippen molar-refractivity contribution < 1.29 is 19.4 Å². The van der Waals surface area contributed by atoms with Crippen LogP contribution in [0.1, 0.15) is 50.8 Å². The molecular weight excluding hydrogens is 426 g/mol. The maximum atomic E-state index is 13.4. The zero-order valence-electron chi connectivity index (χ0n) is 20.2. The molecule has 2 N–H and O–H groups in total. The molecule has 0 fully saturated rings. The van der Waals surface area contributed by atoms with Crippen LogP contribution in [0.25, 0.3) is 0 Å². The molecule has 0 aliphatic rings. The van der Waals surface area contributed by atoms with Gasteiger partial charge in [-0.05, 0) is 43.9 Å². The molecule has 0 aliphatic heterocycles. The molecule has 2 atom stereocenters. The van der Waals surface area contributed by atoms with E-state index in [1.165, 1.54) is 0 Å². The normalized spacial score (nSPS) is 13.6. The lowest BCUT2D eigenvalue weighted by Gasteiger charge is -2.40. The van der Waals surface area contributed by atoms with E-state index in [4.69, 9.17) is 4.74 Å². The van der Waals surface area contributed by atoms with Crippen molar-refractivity contribution in [2.45, 2.75) is 51.3 Å². The summed E-state index contributed by atoms with van der Waals surface area (Å²) in [6.07, 6.45) is 0.0818. The number of carboxylic acid groups (broad SMARTS) is 1. The fourth-order valence-corrected chi connectivity index (χ4v) is 4.12. The topological polar surface area (TPSA) is 75.6 Å². The molecule has 0 aromatic heterocycles. The van der Waals surface area contributed by atoms with Crippen molar-refractivity contribution in [1.29, 1.82) is 0 Å². The van der Waals surface area contributed by atoms with E-state index in [1.54, 1.807) is 27.7 Å². The molecule has 0 amide bonds. The summed E-state index contributed by atoms with van der Waals surface area (Å²) in [6, 6.07) is 28.8. The van der Waals surface area contributed by atoms with Crippen molar-refractivity contribution in [3.63, 3.8) is 0 Å². The largest absolute Gasteiger partial charge is 0.481 e. The van der Waals surface area contributed by atoms with Crippen molar-refractivity contribution in [3.05, 3.63) is 108 Å². The zero-order valence-corrected chi connectivity index (χ0v) is 20.2. The molecule has 0 spiro atoms. The van der Waals surface area contributed by atoms with E-state index in [0.29, 0.717) is 0 Å². The maximum absolute atomic E-state index is 13.4. The van der Waals surface area contributed by atoms with Gasteiger partial charge in [-0.15, -0.1) is 0 Å². The van der Waals surface area contributed by atoms with Crippen LogP contribution in [0.2, 0.25) is 0 Å². The third-order valence-corrected chi connectivity index (χ3v) is 5.71. The van der Waals surface area contributed by atoms with Crippen LogP contribution in [-0.2, 0) is 19.9 Å². The summed E-state index contributed by atoms with van der Waals surface area (Å²) in [5.74, 6) is -2.18. The van der Waals surface area contributed by atoms with E-state index < -0.39 is 35.0 Å². The molecule has 5 heteroatoms. The van der Waals surface area contributed by atoms with Gasteiger partial charge in [0.1, 0.15) is 11.6 Å². The summed E-state index contributed by atoms with van der Waals surface area (Å²) < 4.78 is 5.74. The number of benzene rings is 3. The van der Waals surface area contributed by atoms with Crippen LogP contribution in [0, 0.1) is 5.92 Å². The number of hydrogen-bond donors (Lipinski definition) is 2. The Morgan fingerprint density at radius 1 is 0.794 bits per heavy atom. The second-order valence-corrected chi connectivity index (χ2v) is 9.55. The van der Waals surface area contributed by atoms with Gasteiger partial charge in [0, 0.05) is 0 Å². The molecule has 0 heterocycles. The first-order valence-electron chi connectivity index (χ1n) is 11.5. The molecular formula is C29H33NO4. The van der Waals surface area contributed by atoms with Crippen molar-refractivity contribution in [3.8, 4) is 0 Å². The molecule has 3 aromatic rings. The number of esters is 1. The smallest absolute Gasteiger partial charge is 0.323 e. The van der Waals surface area contributed by atoms with Gasteiger partial charge < -0.3 is 9.84 Å². The van der Waals surface area contributed by atoms with Gasteiger partial charge in [0.05, 0.1) is 11.5 Å². The van der Waals surface area contributed by atoms with E-state index in [1.807, 2.05) is 91.0 Å². The number of ether oxygens (including phenoxy) is 1. The molecule has 0 saturated heterocycles. The van der Waals surface area contributed by atoms with Crippen molar-refractivity contribution in [2.75, 3.05) is 0 Å². The summed E-state index contributed by atoms with van der Waals surface area (Å²) in [7, 11) is 0. The third kappa shape index (κ3) is 5.91. The van der Waals surface area contributed by atoms with Gasteiger partial charge in [0.25, 0.3) is 0 Å². The number of rotatable bonds is 9. The lowest BCUT2D eigenvalue weighted by Crippen LogP contribution is -2.54. The molecule has 5 nitrogen and oxygen atoms in total. The Bertz CT molecular complexity index is 979. The summed E-state index contributed by atoms with van der Waals surface area (Å²) >= 11 is 0. The maximum Gasteiger partial charge on any atom is 0.323 e. The zero-order chi connectivity index (χ0) is 24.8. The molecule has 0 saturated carbocycles. The molecule has 0 radical (unpaired) electrons. The lowest BCUT2D eigenvalue weighted by molar-refractivity contribution is -0.158. The Hall–Kier alpha value is -3.44. The van der Waals surface area contributed by atoms with Gasteiger partial charge in [0.2, 0.25) is 0 Å².